The van der Waals surface area contributed by atoms with Crippen LogP contribution in [0.2, 0.25) is 0 Å². The quantitative estimate of drug-likeness (QED) is 0.274. The smallest absolute Gasteiger partial charge is 0.231 e. The lowest BCUT2D eigenvalue weighted by Gasteiger charge is -2.20. The van der Waals surface area contributed by atoms with Gasteiger partial charge in [-0.3, -0.25) is 9.36 Å². The van der Waals surface area contributed by atoms with Crippen molar-refractivity contribution in [1.29, 1.82) is 0 Å². The van der Waals surface area contributed by atoms with Crippen molar-refractivity contribution in [3.63, 3.8) is 0 Å². The normalized spacial score (nSPS) is 10.8. The minimum atomic E-state index is -0.377. The van der Waals surface area contributed by atoms with E-state index >= 15 is 0 Å². The Morgan fingerprint density at radius 3 is 2.18 bits per heavy atom. The van der Waals surface area contributed by atoms with E-state index in [0.717, 1.165) is 11.1 Å². The summed E-state index contributed by atoms with van der Waals surface area (Å²) in [5.74, 6) is 0.0293. The van der Waals surface area contributed by atoms with Gasteiger partial charge in [-0.05, 0) is 23.3 Å². The zero-order valence-electron chi connectivity index (χ0n) is 17.9. The van der Waals surface area contributed by atoms with Gasteiger partial charge < -0.3 is 5.32 Å². The topological polar surface area (TPSA) is 59.8 Å². The van der Waals surface area contributed by atoms with Crippen LogP contribution in [0.3, 0.4) is 0 Å². The Bertz CT molecular complexity index is 1190. The fourth-order valence-electron chi connectivity index (χ4n) is 3.51. The number of thioether (sulfide) groups is 1. The lowest BCUT2D eigenvalue weighted by atomic mass is 9.99. The number of carbonyl (C=O) groups is 1. The molecule has 3 aromatic carbocycles. The van der Waals surface area contributed by atoms with Crippen LogP contribution in [-0.4, -0.2) is 26.4 Å². The third-order valence-corrected chi connectivity index (χ3v) is 6.01. The van der Waals surface area contributed by atoms with E-state index in [1.807, 2.05) is 60.7 Å². The van der Waals surface area contributed by atoms with Crippen molar-refractivity contribution in [3.05, 3.63) is 115 Å². The van der Waals surface area contributed by atoms with Crippen molar-refractivity contribution in [2.75, 3.05) is 5.75 Å². The van der Waals surface area contributed by atoms with Gasteiger partial charge in [0.2, 0.25) is 5.91 Å². The van der Waals surface area contributed by atoms with Crippen LogP contribution in [0.4, 0.5) is 4.39 Å². The van der Waals surface area contributed by atoms with Gasteiger partial charge in [-0.25, -0.2) is 4.39 Å². The Hall–Kier alpha value is -3.71. The third-order valence-electron chi connectivity index (χ3n) is 5.05. The molecule has 0 aliphatic heterocycles. The number of amides is 1. The predicted molar refractivity (Wildman–Crippen MR) is 129 cm³/mol. The first-order valence-corrected chi connectivity index (χ1v) is 11.5. The van der Waals surface area contributed by atoms with Gasteiger partial charge >= 0.3 is 0 Å². The molecule has 4 rings (SSSR count). The maximum absolute atomic E-state index is 14.3. The van der Waals surface area contributed by atoms with Gasteiger partial charge in [-0.1, -0.05) is 90.6 Å². The average molecular weight is 459 g/mol. The largest absolute Gasteiger partial charge is 0.344 e. The van der Waals surface area contributed by atoms with Crippen LogP contribution in [0.25, 0.3) is 11.4 Å². The molecular weight excluding hydrogens is 435 g/mol. The summed E-state index contributed by atoms with van der Waals surface area (Å²) in [4.78, 5) is 12.9. The monoisotopic (exact) mass is 458 g/mol. The van der Waals surface area contributed by atoms with Gasteiger partial charge in [0.25, 0.3) is 0 Å². The fourth-order valence-corrected chi connectivity index (χ4v) is 4.27. The summed E-state index contributed by atoms with van der Waals surface area (Å²) in [6.07, 6.45) is 1.69. The summed E-state index contributed by atoms with van der Waals surface area (Å²) in [5.41, 5.74) is 2.36. The highest BCUT2D eigenvalue weighted by Gasteiger charge is 2.20. The lowest BCUT2D eigenvalue weighted by Crippen LogP contribution is -2.30. The molecule has 1 amide bonds. The van der Waals surface area contributed by atoms with Crippen LogP contribution in [-0.2, 0) is 11.3 Å². The van der Waals surface area contributed by atoms with Gasteiger partial charge in [-0.15, -0.1) is 16.8 Å². The first kappa shape index (κ1) is 22.5. The fraction of sp³-hybridized carbons (Fsp3) is 0.115. The van der Waals surface area contributed by atoms with Crippen molar-refractivity contribution < 1.29 is 9.18 Å². The number of nitrogens with zero attached hydrogens (tertiary/aromatic N) is 3. The van der Waals surface area contributed by atoms with Crippen molar-refractivity contribution in [3.8, 4) is 11.4 Å². The molecule has 1 aromatic heterocycles. The Morgan fingerprint density at radius 2 is 1.58 bits per heavy atom. The maximum atomic E-state index is 14.3. The van der Waals surface area contributed by atoms with Gasteiger partial charge in [0.1, 0.15) is 5.82 Å². The van der Waals surface area contributed by atoms with E-state index in [1.165, 1.54) is 17.8 Å². The van der Waals surface area contributed by atoms with E-state index in [4.69, 9.17) is 0 Å². The van der Waals surface area contributed by atoms with Crippen molar-refractivity contribution >= 4 is 17.7 Å². The molecule has 4 aromatic rings. The van der Waals surface area contributed by atoms with Crippen LogP contribution in [0, 0.1) is 5.82 Å². The van der Waals surface area contributed by atoms with Gasteiger partial charge in [0.05, 0.1) is 17.4 Å². The molecule has 166 valence electrons. The molecule has 0 unspecified atom stereocenters. The SMILES string of the molecule is C=CCn1c(SCC(=O)NC(c2ccccc2)c2ccccc2)nnc1-c1ccccc1F. The van der Waals surface area contributed by atoms with Crippen LogP contribution in [0.15, 0.2) is 103 Å². The van der Waals surface area contributed by atoms with E-state index in [1.54, 1.807) is 28.8 Å². The summed E-state index contributed by atoms with van der Waals surface area (Å²) >= 11 is 1.26. The van der Waals surface area contributed by atoms with Crippen LogP contribution >= 0.6 is 11.8 Å². The molecule has 33 heavy (non-hydrogen) atoms. The molecular formula is C26H23FN4OS. The Balaban J connectivity index is 1.51. The second-order valence-electron chi connectivity index (χ2n) is 7.30. The first-order valence-electron chi connectivity index (χ1n) is 10.5. The third kappa shape index (κ3) is 5.38. The second-order valence-corrected chi connectivity index (χ2v) is 8.24. The number of aromatic nitrogens is 3. The number of nitrogens with one attached hydrogen (secondary N) is 1. The summed E-state index contributed by atoms with van der Waals surface area (Å²) in [6.45, 7) is 4.18. The predicted octanol–water partition coefficient (Wildman–Crippen LogP) is 5.27. The van der Waals surface area contributed by atoms with Gasteiger partial charge in [-0.2, -0.15) is 0 Å². The molecule has 0 aliphatic rings. The molecule has 0 radical (unpaired) electrons. The maximum Gasteiger partial charge on any atom is 0.231 e. The number of allylic oxidation sites excluding steroid dienone is 1. The molecule has 0 atom stereocenters. The number of halogens is 1. The Kier molecular flexibility index (Phi) is 7.32. The van der Waals surface area contributed by atoms with E-state index in [-0.39, 0.29) is 23.5 Å². The summed E-state index contributed by atoms with van der Waals surface area (Å²) in [5, 5.41) is 12.0. The Morgan fingerprint density at radius 1 is 0.970 bits per heavy atom. The van der Waals surface area contributed by atoms with Gasteiger partial charge in [0.15, 0.2) is 11.0 Å². The average Bonchev–Trinajstić information content (AvgIpc) is 3.25. The van der Waals surface area contributed by atoms with E-state index < -0.39 is 0 Å². The van der Waals surface area contributed by atoms with E-state index in [9.17, 15) is 9.18 Å². The molecule has 7 heteroatoms. The van der Waals surface area contributed by atoms with Crippen LogP contribution in [0.1, 0.15) is 17.2 Å². The zero-order valence-corrected chi connectivity index (χ0v) is 18.7. The number of carbonyl (C=O) groups excluding carboxylic acids is 1. The standard InChI is InChI=1S/C26H23FN4OS/c1-2-17-31-25(21-15-9-10-16-22(21)27)29-30-26(31)33-18-23(32)28-24(19-11-5-3-6-12-19)20-13-7-4-8-14-20/h2-16,24H,1,17-18H2,(H,28,32). The van der Waals surface area contributed by atoms with Crippen LogP contribution < -0.4 is 5.32 Å². The molecule has 0 fully saturated rings. The van der Waals surface area contributed by atoms with Crippen molar-refractivity contribution in [1.82, 2.24) is 20.1 Å². The number of rotatable bonds is 9. The van der Waals surface area contributed by atoms with E-state index in [0.29, 0.717) is 23.1 Å². The molecule has 1 N–H and O–H groups in total. The summed E-state index contributed by atoms with van der Waals surface area (Å²) < 4.78 is 16.1. The minimum Gasteiger partial charge on any atom is -0.344 e. The lowest BCUT2D eigenvalue weighted by molar-refractivity contribution is -0.119. The number of hydrogen-bond acceptors (Lipinski definition) is 4. The van der Waals surface area contributed by atoms with Crippen molar-refractivity contribution in [2.24, 2.45) is 0 Å². The summed E-state index contributed by atoms with van der Waals surface area (Å²) in [7, 11) is 0. The zero-order chi connectivity index (χ0) is 23.0. The highest BCUT2D eigenvalue weighted by Crippen LogP contribution is 2.27. The van der Waals surface area contributed by atoms with Gasteiger partial charge in [0, 0.05) is 6.54 Å². The second kappa shape index (κ2) is 10.7. The van der Waals surface area contributed by atoms with Crippen LogP contribution in [0.5, 0.6) is 0 Å². The Labute approximate surface area is 196 Å². The first-order chi connectivity index (χ1) is 16.2. The molecule has 0 spiro atoms. The molecule has 5 nitrogen and oxygen atoms in total. The highest BCUT2D eigenvalue weighted by molar-refractivity contribution is 7.99. The molecule has 0 saturated carbocycles. The van der Waals surface area contributed by atoms with E-state index in [2.05, 4.69) is 22.1 Å². The molecule has 0 aliphatic carbocycles. The number of benzene rings is 3. The van der Waals surface area contributed by atoms with Crippen molar-refractivity contribution in [2.45, 2.75) is 17.7 Å². The molecule has 0 saturated heterocycles. The molecule has 1 heterocycles. The minimum absolute atomic E-state index is 0.140. The highest BCUT2D eigenvalue weighted by atomic mass is 32.2. The summed E-state index contributed by atoms with van der Waals surface area (Å²) in [6, 6.07) is 25.8. The molecule has 0 bridgehead atoms. The number of hydrogen-bond donors (Lipinski definition) is 1.